The molecule has 0 saturated carbocycles. The van der Waals surface area contributed by atoms with E-state index in [0.29, 0.717) is 13.1 Å². The fourth-order valence-corrected chi connectivity index (χ4v) is 4.56. The van der Waals surface area contributed by atoms with Gasteiger partial charge in [0.15, 0.2) is 11.5 Å². The Kier molecular flexibility index (Phi) is 4.02. The van der Waals surface area contributed by atoms with Crippen LogP contribution < -0.4 is 9.47 Å². The summed E-state index contributed by atoms with van der Waals surface area (Å²) in [5.74, 6) is 1.55. The zero-order valence-corrected chi connectivity index (χ0v) is 15.2. The molecule has 0 N–H and O–H groups in total. The van der Waals surface area contributed by atoms with Crippen molar-refractivity contribution in [2.24, 2.45) is 0 Å². The SMILES string of the molecule is CCN1C[C@]2(CCN3CCc4cc(OC)c(OC)cc4[C@@H]3C2)OC1=O. The lowest BCUT2D eigenvalue weighted by Gasteiger charge is -2.46. The Morgan fingerprint density at radius 3 is 2.68 bits per heavy atom. The van der Waals surface area contributed by atoms with Crippen LogP contribution in [0.1, 0.15) is 36.9 Å². The first-order valence-electron chi connectivity index (χ1n) is 9.06. The molecule has 0 unspecified atom stereocenters. The molecule has 1 amide bonds. The van der Waals surface area contributed by atoms with E-state index >= 15 is 0 Å². The summed E-state index contributed by atoms with van der Waals surface area (Å²) in [6.07, 6.45) is 2.60. The topological polar surface area (TPSA) is 51.2 Å². The summed E-state index contributed by atoms with van der Waals surface area (Å²) in [5.41, 5.74) is 2.25. The van der Waals surface area contributed by atoms with E-state index < -0.39 is 0 Å². The van der Waals surface area contributed by atoms with E-state index in [0.717, 1.165) is 43.9 Å². The van der Waals surface area contributed by atoms with E-state index in [9.17, 15) is 4.79 Å². The number of piperidine rings is 1. The van der Waals surface area contributed by atoms with Gasteiger partial charge in [-0.05, 0) is 36.6 Å². The van der Waals surface area contributed by atoms with E-state index in [-0.39, 0.29) is 17.7 Å². The van der Waals surface area contributed by atoms with Gasteiger partial charge in [0.05, 0.1) is 20.8 Å². The van der Waals surface area contributed by atoms with Crippen LogP contribution in [-0.4, -0.2) is 61.9 Å². The van der Waals surface area contributed by atoms with Gasteiger partial charge in [-0.1, -0.05) is 0 Å². The second kappa shape index (κ2) is 6.09. The Hall–Kier alpha value is -1.95. The molecule has 0 radical (unpaired) electrons. The summed E-state index contributed by atoms with van der Waals surface area (Å²) in [5, 5.41) is 0. The molecule has 3 heterocycles. The van der Waals surface area contributed by atoms with Crippen LogP contribution in [0.4, 0.5) is 4.79 Å². The molecule has 6 nitrogen and oxygen atoms in total. The molecule has 1 aromatic rings. The molecule has 4 rings (SSSR count). The number of likely N-dealkylation sites (N-methyl/N-ethyl adjacent to an activating group) is 1. The number of carbonyl (C=O) groups excluding carboxylic acids is 1. The van der Waals surface area contributed by atoms with Gasteiger partial charge in [0.2, 0.25) is 0 Å². The van der Waals surface area contributed by atoms with Crippen LogP contribution in [0.15, 0.2) is 12.1 Å². The van der Waals surface area contributed by atoms with Crippen LogP contribution in [0.2, 0.25) is 0 Å². The second-order valence-corrected chi connectivity index (χ2v) is 7.23. The summed E-state index contributed by atoms with van der Waals surface area (Å²) < 4.78 is 16.8. The molecule has 2 fully saturated rings. The molecular formula is C19H26N2O4. The highest BCUT2D eigenvalue weighted by atomic mass is 16.6. The number of methoxy groups -OCH3 is 2. The minimum atomic E-state index is -0.351. The number of nitrogens with zero attached hydrogens (tertiary/aromatic N) is 2. The Labute approximate surface area is 148 Å². The van der Waals surface area contributed by atoms with Gasteiger partial charge < -0.3 is 19.1 Å². The Morgan fingerprint density at radius 1 is 1.24 bits per heavy atom. The maximum Gasteiger partial charge on any atom is 0.410 e. The van der Waals surface area contributed by atoms with Crippen molar-refractivity contribution in [3.8, 4) is 11.5 Å². The first-order valence-corrected chi connectivity index (χ1v) is 9.06. The molecule has 6 heteroatoms. The largest absolute Gasteiger partial charge is 0.493 e. The Balaban J connectivity index is 1.67. The number of ether oxygens (including phenoxy) is 3. The van der Waals surface area contributed by atoms with Crippen LogP contribution in [0.5, 0.6) is 11.5 Å². The normalized spacial score (nSPS) is 28.5. The zero-order valence-electron chi connectivity index (χ0n) is 15.2. The molecule has 25 heavy (non-hydrogen) atoms. The van der Waals surface area contributed by atoms with E-state index in [1.54, 1.807) is 14.2 Å². The molecule has 3 aliphatic heterocycles. The second-order valence-electron chi connectivity index (χ2n) is 7.23. The van der Waals surface area contributed by atoms with Crippen molar-refractivity contribution in [1.82, 2.24) is 9.80 Å². The van der Waals surface area contributed by atoms with Crippen molar-refractivity contribution in [3.63, 3.8) is 0 Å². The van der Waals surface area contributed by atoms with Gasteiger partial charge in [-0.15, -0.1) is 0 Å². The smallest absolute Gasteiger partial charge is 0.410 e. The average Bonchev–Trinajstić information content (AvgIpc) is 2.95. The summed E-state index contributed by atoms with van der Waals surface area (Å²) in [6, 6.07) is 4.48. The van der Waals surface area contributed by atoms with Gasteiger partial charge in [-0.2, -0.15) is 0 Å². The lowest BCUT2D eigenvalue weighted by Crippen LogP contribution is -2.50. The van der Waals surface area contributed by atoms with E-state index in [1.165, 1.54) is 11.1 Å². The highest BCUT2D eigenvalue weighted by molar-refractivity contribution is 5.70. The number of hydrogen-bond donors (Lipinski definition) is 0. The Bertz CT molecular complexity index is 692. The van der Waals surface area contributed by atoms with Crippen LogP contribution in [0.3, 0.4) is 0 Å². The summed E-state index contributed by atoms with van der Waals surface area (Å²) in [7, 11) is 3.34. The van der Waals surface area contributed by atoms with Crippen LogP contribution >= 0.6 is 0 Å². The highest BCUT2D eigenvalue weighted by Gasteiger charge is 2.50. The van der Waals surface area contributed by atoms with Gasteiger partial charge in [0.1, 0.15) is 5.60 Å². The molecule has 0 aromatic heterocycles. The Morgan fingerprint density at radius 2 is 2.00 bits per heavy atom. The summed E-state index contributed by atoms with van der Waals surface area (Å²) in [4.78, 5) is 16.5. The first-order chi connectivity index (χ1) is 12.1. The average molecular weight is 346 g/mol. The van der Waals surface area contributed by atoms with Crippen LogP contribution in [-0.2, 0) is 11.2 Å². The molecule has 0 bridgehead atoms. The van der Waals surface area contributed by atoms with Gasteiger partial charge >= 0.3 is 6.09 Å². The summed E-state index contributed by atoms with van der Waals surface area (Å²) >= 11 is 0. The molecule has 1 spiro atoms. The van der Waals surface area contributed by atoms with Crippen LogP contribution in [0.25, 0.3) is 0 Å². The number of carbonyl (C=O) groups is 1. The predicted octanol–water partition coefficient (Wildman–Crippen LogP) is 2.61. The quantitative estimate of drug-likeness (QED) is 0.842. The van der Waals surface area contributed by atoms with E-state index in [2.05, 4.69) is 17.0 Å². The molecule has 0 aliphatic carbocycles. The molecule has 2 saturated heterocycles. The van der Waals surface area contributed by atoms with Gasteiger partial charge in [0, 0.05) is 38.5 Å². The fraction of sp³-hybridized carbons (Fsp3) is 0.632. The number of hydrogen-bond acceptors (Lipinski definition) is 5. The van der Waals surface area contributed by atoms with E-state index in [4.69, 9.17) is 14.2 Å². The number of amides is 1. The summed E-state index contributed by atoms with van der Waals surface area (Å²) in [6.45, 7) is 5.41. The fourth-order valence-electron chi connectivity index (χ4n) is 4.56. The van der Waals surface area contributed by atoms with Crippen molar-refractivity contribution in [3.05, 3.63) is 23.3 Å². The monoisotopic (exact) mass is 346 g/mol. The van der Waals surface area contributed by atoms with Gasteiger partial charge in [0.25, 0.3) is 0 Å². The van der Waals surface area contributed by atoms with Gasteiger partial charge in [-0.25, -0.2) is 4.79 Å². The molecule has 2 atom stereocenters. The van der Waals surface area contributed by atoms with E-state index in [1.807, 2.05) is 11.8 Å². The van der Waals surface area contributed by atoms with Gasteiger partial charge in [-0.3, -0.25) is 4.90 Å². The third kappa shape index (κ3) is 2.63. The van der Waals surface area contributed by atoms with Crippen molar-refractivity contribution in [1.29, 1.82) is 0 Å². The maximum atomic E-state index is 12.1. The molecular weight excluding hydrogens is 320 g/mol. The van der Waals surface area contributed by atoms with Crippen LogP contribution in [0, 0.1) is 0 Å². The number of rotatable bonds is 3. The van der Waals surface area contributed by atoms with Crippen molar-refractivity contribution in [2.45, 2.75) is 37.8 Å². The number of fused-ring (bicyclic) bond motifs is 3. The zero-order chi connectivity index (χ0) is 17.6. The lowest BCUT2D eigenvalue weighted by molar-refractivity contribution is -0.0300. The molecule has 3 aliphatic rings. The molecule has 136 valence electrons. The van der Waals surface area contributed by atoms with Crippen molar-refractivity contribution in [2.75, 3.05) is 40.4 Å². The highest BCUT2D eigenvalue weighted by Crippen LogP contribution is 2.46. The maximum absolute atomic E-state index is 12.1. The minimum absolute atomic E-state index is 0.167. The van der Waals surface area contributed by atoms with Crippen molar-refractivity contribution >= 4 is 6.09 Å². The first kappa shape index (κ1) is 16.5. The standard InChI is InChI=1S/C19H26N2O4/c1-4-20-12-19(25-18(20)22)6-8-21-7-5-13-9-16(23-2)17(24-3)10-14(13)15(21)11-19/h9-10,15H,4-8,11-12H2,1-3H3/t15-,19+/m0/s1. The third-order valence-electron chi connectivity index (χ3n) is 5.96. The number of benzene rings is 1. The minimum Gasteiger partial charge on any atom is -0.493 e. The molecule has 1 aromatic carbocycles. The predicted molar refractivity (Wildman–Crippen MR) is 93.3 cm³/mol. The van der Waals surface area contributed by atoms with Crippen molar-refractivity contribution < 1.29 is 19.0 Å². The lowest BCUT2D eigenvalue weighted by atomic mass is 9.79. The third-order valence-corrected chi connectivity index (χ3v) is 5.96.